The minimum absolute atomic E-state index is 0.186. The Balaban J connectivity index is 2.51. The number of benzene rings is 1. The van der Waals surface area contributed by atoms with E-state index < -0.39 is 9.84 Å². The zero-order chi connectivity index (χ0) is 11.8. The molecule has 0 unspecified atom stereocenters. The Morgan fingerprint density at radius 1 is 1.12 bits per heavy atom. The molecule has 0 aliphatic carbocycles. The molecule has 0 spiro atoms. The van der Waals surface area contributed by atoms with Crippen molar-refractivity contribution in [3.63, 3.8) is 0 Å². The molecule has 84 valence electrons. The van der Waals surface area contributed by atoms with E-state index in [1.807, 2.05) is 6.92 Å². The summed E-state index contributed by atoms with van der Waals surface area (Å²) in [6.07, 6.45) is 0. The maximum Gasteiger partial charge on any atom is 0.271 e. The summed E-state index contributed by atoms with van der Waals surface area (Å²) < 4.78 is 24.0. The number of aromatic nitrogens is 3. The molecule has 0 bridgehead atoms. The van der Waals surface area contributed by atoms with Gasteiger partial charge in [-0.15, -0.1) is 5.10 Å². The topological polar surface area (TPSA) is 75.7 Å². The van der Waals surface area contributed by atoms with Crippen molar-refractivity contribution >= 4 is 9.84 Å². The standard InChI is InChI=1S/C10H11N3O2S/c1-7-3-5-9(6-4-7)16(14,15)10-11-8(2)12-13-10/h3-6H,1-2H3,(H,11,12,13). The van der Waals surface area contributed by atoms with Gasteiger partial charge in [-0.3, -0.25) is 5.10 Å². The van der Waals surface area contributed by atoms with Crippen molar-refractivity contribution < 1.29 is 8.42 Å². The van der Waals surface area contributed by atoms with Gasteiger partial charge in [0.15, 0.2) is 0 Å². The summed E-state index contributed by atoms with van der Waals surface area (Å²) in [5.41, 5.74) is 1.00. The van der Waals surface area contributed by atoms with Crippen molar-refractivity contribution in [3.8, 4) is 0 Å². The van der Waals surface area contributed by atoms with Gasteiger partial charge >= 0.3 is 0 Å². The first kappa shape index (κ1) is 10.8. The zero-order valence-corrected chi connectivity index (χ0v) is 9.75. The van der Waals surface area contributed by atoms with E-state index in [2.05, 4.69) is 15.2 Å². The first-order valence-corrected chi connectivity index (χ1v) is 6.19. The highest BCUT2D eigenvalue weighted by Crippen LogP contribution is 2.17. The second kappa shape index (κ2) is 3.71. The first-order chi connectivity index (χ1) is 7.50. The van der Waals surface area contributed by atoms with Gasteiger partial charge < -0.3 is 0 Å². The minimum atomic E-state index is -3.59. The van der Waals surface area contributed by atoms with Crippen LogP contribution in [0.5, 0.6) is 0 Å². The fourth-order valence-electron chi connectivity index (χ4n) is 1.27. The maximum absolute atomic E-state index is 12.0. The molecular formula is C10H11N3O2S. The lowest BCUT2D eigenvalue weighted by atomic mass is 10.2. The number of sulfone groups is 1. The highest BCUT2D eigenvalue weighted by molar-refractivity contribution is 7.91. The van der Waals surface area contributed by atoms with Crippen LogP contribution >= 0.6 is 0 Å². The Bertz CT molecular complexity index is 599. The molecule has 2 aromatic rings. The molecule has 1 heterocycles. The van der Waals surface area contributed by atoms with Gasteiger partial charge in [-0.1, -0.05) is 17.7 Å². The van der Waals surface area contributed by atoms with E-state index in [9.17, 15) is 8.42 Å². The van der Waals surface area contributed by atoms with Crippen LogP contribution in [0.25, 0.3) is 0 Å². The van der Waals surface area contributed by atoms with Crippen molar-refractivity contribution in [2.45, 2.75) is 23.9 Å². The van der Waals surface area contributed by atoms with E-state index in [0.717, 1.165) is 5.56 Å². The Morgan fingerprint density at radius 3 is 2.25 bits per heavy atom. The van der Waals surface area contributed by atoms with Crippen LogP contribution in [-0.4, -0.2) is 23.6 Å². The molecule has 0 aliphatic heterocycles. The molecule has 2 rings (SSSR count). The molecule has 6 heteroatoms. The van der Waals surface area contributed by atoms with Crippen molar-refractivity contribution in [2.75, 3.05) is 0 Å². The third-order valence-electron chi connectivity index (χ3n) is 2.15. The monoisotopic (exact) mass is 237 g/mol. The summed E-state index contributed by atoms with van der Waals surface area (Å²) in [5.74, 6) is 0.477. The van der Waals surface area contributed by atoms with Gasteiger partial charge in [0.1, 0.15) is 5.82 Å². The molecule has 5 nitrogen and oxygen atoms in total. The first-order valence-electron chi connectivity index (χ1n) is 4.71. The zero-order valence-electron chi connectivity index (χ0n) is 8.93. The predicted molar refractivity (Wildman–Crippen MR) is 57.8 cm³/mol. The van der Waals surface area contributed by atoms with E-state index in [-0.39, 0.29) is 10.1 Å². The fraction of sp³-hybridized carbons (Fsp3) is 0.200. The highest BCUT2D eigenvalue weighted by atomic mass is 32.2. The van der Waals surface area contributed by atoms with Crippen LogP contribution in [0.4, 0.5) is 0 Å². The molecule has 0 aliphatic rings. The van der Waals surface area contributed by atoms with E-state index in [1.54, 1.807) is 31.2 Å². The minimum Gasteiger partial charge on any atom is -0.262 e. The average molecular weight is 237 g/mol. The van der Waals surface area contributed by atoms with E-state index >= 15 is 0 Å². The van der Waals surface area contributed by atoms with Gasteiger partial charge in [0, 0.05) is 0 Å². The highest BCUT2D eigenvalue weighted by Gasteiger charge is 2.21. The average Bonchev–Trinajstić information content (AvgIpc) is 2.66. The Morgan fingerprint density at radius 2 is 1.75 bits per heavy atom. The number of nitrogens with one attached hydrogen (secondary N) is 1. The quantitative estimate of drug-likeness (QED) is 0.853. The van der Waals surface area contributed by atoms with Crippen LogP contribution in [0.15, 0.2) is 34.3 Å². The molecular weight excluding hydrogens is 226 g/mol. The van der Waals surface area contributed by atoms with Gasteiger partial charge in [-0.05, 0) is 26.0 Å². The van der Waals surface area contributed by atoms with Crippen LogP contribution in [0, 0.1) is 13.8 Å². The fourth-order valence-corrected chi connectivity index (χ4v) is 2.39. The summed E-state index contributed by atoms with van der Waals surface area (Å²) in [6, 6.07) is 6.59. The molecule has 0 radical (unpaired) electrons. The summed E-state index contributed by atoms with van der Waals surface area (Å²) in [7, 11) is -3.59. The number of hydrogen-bond acceptors (Lipinski definition) is 4. The van der Waals surface area contributed by atoms with Gasteiger partial charge in [-0.25, -0.2) is 13.4 Å². The molecule has 0 amide bonds. The maximum atomic E-state index is 12.0. The largest absolute Gasteiger partial charge is 0.271 e. The lowest BCUT2D eigenvalue weighted by molar-refractivity contribution is 0.587. The second-order valence-corrected chi connectivity index (χ2v) is 5.36. The molecule has 0 atom stereocenters. The van der Waals surface area contributed by atoms with E-state index in [1.165, 1.54) is 0 Å². The van der Waals surface area contributed by atoms with Crippen molar-refractivity contribution in [2.24, 2.45) is 0 Å². The smallest absolute Gasteiger partial charge is 0.262 e. The molecule has 1 N–H and O–H groups in total. The number of hydrogen-bond donors (Lipinski definition) is 1. The van der Waals surface area contributed by atoms with Crippen LogP contribution in [0.1, 0.15) is 11.4 Å². The summed E-state index contributed by atoms with van der Waals surface area (Å²) in [4.78, 5) is 4.03. The number of aromatic amines is 1. The Hall–Kier alpha value is -1.69. The molecule has 0 fully saturated rings. The lowest BCUT2D eigenvalue weighted by Crippen LogP contribution is -2.04. The Labute approximate surface area is 93.5 Å². The molecule has 0 saturated heterocycles. The van der Waals surface area contributed by atoms with Crippen molar-refractivity contribution in [1.29, 1.82) is 0 Å². The van der Waals surface area contributed by atoms with Crippen LogP contribution in [0.3, 0.4) is 0 Å². The summed E-state index contributed by atoms with van der Waals surface area (Å²) in [6.45, 7) is 3.55. The van der Waals surface area contributed by atoms with Crippen molar-refractivity contribution in [3.05, 3.63) is 35.7 Å². The number of H-pyrrole nitrogens is 1. The van der Waals surface area contributed by atoms with E-state index in [0.29, 0.717) is 5.82 Å². The van der Waals surface area contributed by atoms with Crippen molar-refractivity contribution in [1.82, 2.24) is 15.2 Å². The summed E-state index contributed by atoms with van der Waals surface area (Å²) in [5, 5.41) is 5.99. The third-order valence-corrected chi connectivity index (χ3v) is 3.70. The Kier molecular flexibility index (Phi) is 2.51. The van der Waals surface area contributed by atoms with E-state index in [4.69, 9.17) is 0 Å². The molecule has 0 saturated carbocycles. The predicted octanol–water partition coefficient (Wildman–Crippen LogP) is 1.25. The SMILES string of the molecule is Cc1ccc(S(=O)(=O)c2n[nH]c(C)n2)cc1. The molecule has 16 heavy (non-hydrogen) atoms. The molecule has 1 aromatic heterocycles. The second-order valence-electron chi connectivity index (χ2n) is 3.52. The third kappa shape index (κ3) is 1.83. The van der Waals surface area contributed by atoms with Gasteiger partial charge in [-0.2, -0.15) is 0 Å². The van der Waals surface area contributed by atoms with Gasteiger partial charge in [0.2, 0.25) is 9.84 Å². The normalized spacial score (nSPS) is 11.6. The van der Waals surface area contributed by atoms with Crippen LogP contribution in [-0.2, 0) is 9.84 Å². The lowest BCUT2D eigenvalue weighted by Gasteiger charge is -1.99. The number of rotatable bonds is 2. The van der Waals surface area contributed by atoms with Crippen LogP contribution in [0.2, 0.25) is 0 Å². The van der Waals surface area contributed by atoms with Gasteiger partial charge in [0.05, 0.1) is 4.90 Å². The molecule has 1 aromatic carbocycles. The number of aryl methyl sites for hydroxylation is 2. The summed E-state index contributed by atoms with van der Waals surface area (Å²) >= 11 is 0. The van der Waals surface area contributed by atoms with Crippen LogP contribution < -0.4 is 0 Å². The number of nitrogens with zero attached hydrogens (tertiary/aromatic N) is 2. The van der Waals surface area contributed by atoms with Gasteiger partial charge in [0.25, 0.3) is 5.16 Å².